The molecule has 2 aromatic rings. The summed E-state index contributed by atoms with van der Waals surface area (Å²) in [6, 6.07) is 9.09. The highest BCUT2D eigenvalue weighted by atomic mass is 19.4. The number of alkyl halides is 3. The van der Waals surface area contributed by atoms with Gasteiger partial charge in [0.15, 0.2) is 0 Å². The summed E-state index contributed by atoms with van der Waals surface area (Å²) in [4.78, 5) is 37.6. The highest BCUT2D eigenvalue weighted by Gasteiger charge is 2.40. The van der Waals surface area contributed by atoms with Gasteiger partial charge in [0.25, 0.3) is 5.91 Å². The first-order chi connectivity index (χ1) is 16.9. The summed E-state index contributed by atoms with van der Waals surface area (Å²) in [5.41, 5.74) is 1.85. The lowest BCUT2D eigenvalue weighted by molar-refractivity contribution is -0.137. The Morgan fingerprint density at radius 2 is 1.78 bits per heavy atom. The molecular formula is C26H31F3N4O3. The Morgan fingerprint density at radius 3 is 2.42 bits per heavy atom. The maximum atomic E-state index is 12.9. The molecule has 1 aliphatic rings. The molecule has 1 aliphatic carbocycles. The van der Waals surface area contributed by atoms with Gasteiger partial charge in [0, 0.05) is 24.2 Å². The van der Waals surface area contributed by atoms with Crippen molar-refractivity contribution in [1.82, 2.24) is 21.3 Å². The van der Waals surface area contributed by atoms with E-state index in [-0.39, 0.29) is 23.6 Å². The van der Waals surface area contributed by atoms with Gasteiger partial charge in [0.05, 0.1) is 12.1 Å². The van der Waals surface area contributed by atoms with Gasteiger partial charge in [0.2, 0.25) is 11.8 Å². The minimum Gasteiger partial charge on any atom is -0.349 e. The Balaban J connectivity index is 1.57. The molecule has 194 valence electrons. The van der Waals surface area contributed by atoms with E-state index in [9.17, 15) is 27.6 Å². The van der Waals surface area contributed by atoms with Gasteiger partial charge in [-0.2, -0.15) is 13.2 Å². The normalized spacial score (nSPS) is 15.1. The van der Waals surface area contributed by atoms with Crippen LogP contribution in [0.5, 0.6) is 0 Å². The molecule has 0 bridgehead atoms. The number of rotatable bonds is 10. The third-order valence-electron chi connectivity index (χ3n) is 6.10. The highest BCUT2D eigenvalue weighted by Crippen LogP contribution is 2.34. The summed E-state index contributed by atoms with van der Waals surface area (Å²) in [5.74, 6) is -1.80. The van der Waals surface area contributed by atoms with Crippen LogP contribution in [0, 0.1) is 13.8 Å². The standard InChI is InChI=1S/C26H31F3N4O3/c1-16-7-8-19(17(2)11-16)13-30-14-21(24(36)33-25(3)9-10-25)32-22(34)15-31-23(35)18-5-4-6-20(12-18)26(27,28)29/h4-8,11-12,21,30H,9-10,13-15H2,1-3H3,(H,31,35)(H,32,34)(H,33,36)/t21-/m0/s1. The van der Waals surface area contributed by atoms with Crippen molar-refractivity contribution in [3.63, 3.8) is 0 Å². The molecule has 0 unspecified atom stereocenters. The molecule has 10 heteroatoms. The van der Waals surface area contributed by atoms with Gasteiger partial charge >= 0.3 is 6.18 Å². The lowest BCUT2D eigenvalue weighted by Crippen LogP contribution is -2.55. The van der Waals surface area contributed by atoms with Crippen LogP contribution in [0.25, 0.3) is 0 Å². The van der Waals surface area contributed by atoms with E-state index >= 15 is 0 Å². The molecule has 4 N–H and O–H groups in total. The van der Waals surface area contributed by atoms with Crippen molar-refractivity contribution >= 4 is 17.7 Å². The van der Waals surface area contributed by atoms with E-state index in [1.165, 1.54) is 6.07 Å². The quantitative estimate of drug-likeness (QED) is 0.400. The average Bonchev–Trinajstić information content (AvgIpc) is 3.53. The fraction of sp³-hybridized carbons (Fsp3) is 0.423. The van der Waals surface area contributed by atoms with E-state index in [0.29, 0.717) is 6.54 Å². The van der Waals surface area contributed by atoms with Crippen LogP contribution in [0.3, 0.4) is 0 Å². The number of aryl methyl sites for hydroxylation is 2. The molecule has 7 nitrogen and oxygen atoms in total. The summed E-state index contributed by atoms with van der Waals surface area (Å²) < 4.78 is 38.7. The molecule has 0 radical (unpaired) electrons. The van der Waals surface area contributed by atoms with E-state index in [1.807, 2.05) is 32.9 Å². The minimum atomic E-state index is -4.59. The van der Waals surface area contributed by atoms with Crippen molar-refractivity contribution in [3.05, 3.63) is 70.3 Å². The van der Waals surface area contributed by atoms with Crippen molar-refractivity contribution in [2.24, 2.45) is 0 Å². The Kier molecular flexibility index (Phi) is 8.39. The predicted molar refractivity (Wildman–Crippen MR) is 129 cm³/mol. The molecule has 0 spiro atoms. The summed E-state index contributed by atoms with van der Waals surface area (Å²) in [7, 11) is 0. The lowest BCUT2D eigenvalue weighted by atomic mass is 10.1. The number of nitrogens with one attached hydrogen (secondary N) is 4. The zero-order chi connectivity index (χ0) is 26.5. The van der Waals surface area contributed by atoms with Gasteiger partial charge in [-0.25, -0.2) is 0 Å². The van der Waals surface area contributed by atoms with Crippen LogP contribution in [-0.4, -0.2) is 42.4 Å². The first-order valence-electron chi connectivity index (χ1n) is 11.7. The number of hydrogen-bond donors (Lipinski definition) is 4. The fourth-order valence-electron chi connectivity index (χ4n) is 3.65. The zero-order valence-electron chi connectivity index (χ0n) is 20.5. The van der Waals surface area contributed by atoms with E-state index in [1.54, 1.807) is 0 Å². The van der Waals surface area contributed by atoms with Crippen LogP contribution in [0.15, 0.2) is 42.5 Å². The average molecular weight is 505 g/mol. The van der Waals surface area contributed by atoms with Crippen molar-refractivity contribution in [2.45, 2.75) is 57.9 Å². The first kappa shape index (κ1) is 27.2. The van der Waals surface area contributed by atoms with Gasteiger partial charge in [-0.05, 0) is 62.9 Å². The van der Waals surface area contributed by atoms with Crippen molar-refractivity contribution < 1.29 is 27.6 Å². The maximum Gasteiger partial charge on any atom is 0.416 e. The molecule has 0 aromatic heterocycles. The van der Waals surface area contributed by atoms with Crippen LogP contribution in [0.2, 0.25) is 0 Å². The van der Waals surface area contributed by atoms with Crippen LogP contribution in [0.4, 0.5) is 13.2 Å². The number of carbonyl (C=O) groups is 3. The summed E-state index contributed by atoms with van der Waals surface area (Å²) in [5, 5.41) is 11.0. The second-order valence-corrected chi connectivity index (χ2v) is 9.49. The van der Waals surface area contributed by atoms with Gasteiger partial charge < -0.3 is 21.3 Å². The highest BCUT2D eigenvalue weighted by molar-refractivity contribution is 5.97. The Hall–Kier alpha value is -3.40. The van der Waals surface area contributed by atoms with Gasteiger partial charge in [-0.3, -0.25) is 14.4 Å². The molecule has 36 heavy (non-hydrogen) atoms. The summed E-state index contributed by atoms with van der Waals surface area (Å²) in [6.07, 6.45) is -2.89. The second-order valence-electron chi connectivity index (χ2n) is 9.49. The van der Waals surface area contributed by atoms with E-state index in [4.69, 9.17) is 0 Å². The van der Waals surface area contributed by atoms with Gasteiger partial charge in [-0.15, -0.1) is 0 Å². The number of halogens is 3. The molecule has 0 heterocycles. The maximum absolute atomic E-state index is 12.9. The minimum absolute atomic E-state index is 0.155. The molecule has 1 saturated carbocycles. The van der Waals surface area contributed by atoms with Gasteiger partial charge in [0.1, 0.15) is 6.04 Å². The molecule has 1 fully saturated rings. The number of hydrogen-bond acceptors (Lipinski definition) is 4. The van der Waals surface area contributed by atoms with Crippen LogP contribution in [-0.2, 0) is 22.3 Å². The molecule has 0 aliphatic heterocycles. The first-order valence-corrected chi connectivity index (χ1v) is 11.7. The Bertz CT molecular complexity index is 1130. The monoisotopic (exact) mass is 504 g/mol. The molecule has 1 atom stereocenters. The van der Waals surface area contributed by atoms with E-state index < -0.39 is 36.1 Å². The SMILES string of the molecule is Cc1ccc(CNC[C@H](NC(=O)CNC(=O)c2cccc(C(F)(F)F)c2)C(=O)NC2(C)CC2)c(C)c1. The molecule has 2 aromatic carbocycles. The van der Waals surface area contributed by atoms with Crippen LogP contribution >= 0.6 is 0 Å². The molecule has 0 saturated heterocycles. The van der Waals surface area contributed by atoms with Crippen molar-refractivity contribution in [1.29, 1.82) is 0 Å². The van der Waals surface area contributed by atoms with Crippen LogP contribution < -0.4 is 21.3 Å². The summed E-state index contributed by atoms with van der Waals surface area (Å²) >= 11 is 0. The smallest absolute Gasteiger partial charge is 0.349 e. The van der Waals surface area contributed by atoms with Crippen molar-refractivity contribution in [3.8, 4) is 0 Å². The molecule has 3 rings (SSSR count). The lowest BCUT2D eigenvalue weighted by Gasteiger charge is -2.22. The summed E-state index contributed by atoms with van der Waals surface area (Å²) in [6.45, 7) is 6.08. The molecule has 3 amide bonds. The fourth-order valence-corrected chi connectivity index (χ4v) is 3.65. The second kappa shape index (κ2) is 11.1. The third kappa shape index (κ3) is 7.81. The third-order valence-corrected chi connectivity index (χ3v) is 6.10. The Morgan fingerprint density at radius 1 is 1.06 bits per heavy atom. The Labute approximate surface area is 208 Å². The number of carbonyl (C=O) groups excluding carboxylic acids is 3. The molecular weight excluding hydrogens is 473 g/mol. The van der Waals surface area contributed by atoms with E-state index in [2.05, 4.69) is 27.3 Å². The predicted octanol–water partition coefficient (Wildman–Crippen LogP) is 3.00. The largest absolute Gasteiger partial charge is 0.416 e. The number of amides is 3. The van der Waals surface area contributed by atoms with Gasteiger partial charge in [-0.1, -0.05) is 29.8 Å². The topological polar surface area (TPSA) is 99.3 Å². The number of benzene rings is 2. The van der Waals surface area contributed by atoms with Crippen molar-refractivity contribution in [2.75, 3.05) is 13.1 Å². The van der Waals surface area contributed by atoms with E-state index in [0.717, 1.165) is 47.7 Å². The van der Waals surface area contributed by atoms with Crippen LogP contribution in [0.1, 0.15) is 52.4 Å². The zero-order valence-corrected chi connectivity index (χ0v) is 20.5.